The number of fused-ring (bicyclic) bond motifs is 12. The van der Waals surface area contributed by atoms with Gasteiger partial charge in [0.2, 0.25) is 11.9 Å². The van der Waals surface area contributed by atoms with Crippen LogP contribution in [0, 0.1) is 0 Å². The first-order valence-electron chi connectivity index (χ1n) is 37.8. The quantitative estimate of drug-likeness (QED) is 0.122. The number of hydrogen-bond acceptors (Lipinski definition) is 5. The lowest BCUT2D eigenvalue weighted by Gasteiger charge is -2.11. The molecule has 0 bridgehead atoms. The summed E-state index contributed by atoms with van der Waals surface area (Å²) < 4.78 is 9.09. The molecule has 22 aromatic rings. The average Bonchev–Trinajstić information content (AvgIpc) is 1.60. The van der Waals surface area contributed by atoms with E-state index < -0.39 is 0 Å². The van der Waals surface area contributed by atoms with Crippen LogP contribution in [-0.4, -0.2) is 43.2 Å². The monoisotopic (exact) mass is 1430 g/mol. The van der Waals surface area contributed by atoms with Crippen molar-refractivity contribution in [2.45, 2.75) is 0 Å². The molecule has 0 N–H and O–H groups in total. The second kappa shape index (κ2) is 27.5. The van der Waals surface area contributed by atoms with Gasteiger partial charge in [-0.15, -0.1) is 0 Å². The van der Waals surface area contributed by atoms with E-state index in [9.17, 15) is 0 Å². The predicted molar refractivity (Wildman–Crippen MR) is 463 cm³/mol. The fourth-order valence-electron chi connectivity index (χ4n) is 16.7. The highest BCUT2D eigenvalue weighted by Crippen LogP contribution is 2.42. The molecule has 0 amide bonds. The smallest absolute Gasteiger partial charge is 0.238 e. The Labute approximate surface area is 645 Å². The van der Waals surface area contributed by atoms with Crippen LogP contribution in [0.1, 0.15) is 0 Å². The molecule has 0 fully saturated rings. The van der Waals surface area contributed by atoms with Crippen molar-refractivity contribution >= 4 is 87.2 Å². The standard InChI is InChI=1S/C52H34N4.C51H33N5/c1-3-13-35(14-4-1)36-15-11-16-37(31-36)38-17-12-18-41(32-38)47-29-30-53-52(54-47)56-49-24-10-7-21-43(49)45-27-25-40(34-51(45)56)39-26-28-50-46(33-39)44-22-8-9-23-48(44)55(50)42-19-5-2-6-20-42;1-3-13-34(14-4-1)40-17-7-8-18-41(40)35-23-25-36(26-24-35)50-52-33-53-51(54-50)56-47-22-12-10-20-43(47)45-31-37(28-30-48(45)56)38-27-29-44-42-19-9-11-21-46(42)55(49(44)32-38)39-15-5-2-6-16-39/h1-34H;1-33H. The van der Waals surface area contributed by atoms with Crippen LogP contribution < -0.4 is 0 Å². The maximum Gasteiger partial charge on any atom is 0.238 e. The van der Waals surface area contributed by atoms with E-state index in [0.717, 1.165) is 94.4 Å². The van der Waals surface area contributed by atoms with E-state index in [0.29, 0.717) is 17.7 Å². The molecule has 22 rings (SSSR count). The molecule has 0 aliphatic rings. The Hall–Kier alpha value is -15.2. The van der Waals surface area contributed by atoms with Crippen molar-refractivity contribution in [3.8, 4) is 113 Å². The van der Waals surface area contributed by atoms with Crippen molar-refractivity contribution < 1.29 is 0 Å². The molecule has 6 heterocycles. The summed E-state index contributed by atoms with van der Waals surface area (Å²) in [6, 6.07) is 140. The van der Waals surface area contributed by atoms with Crippen LogP contribution in [0.15, 0.2) is 407 Å². The van der Waals surface area contributed by atoms with Gasteiger partial charge in [-0.1, -0.05) is 291 Å². The van der Waals surface area contributed by atoms with Gasteiger partial charge in [-0.05, 0) is 170 Å². The minimum atomic E-state index is 0.584. The second-order valence-corrected chi connectivity index (χ2v) is 28.4. The molecule has 0 radical (unpaired) electrons. The molecule has 0 unspecified atom stereocenters. The number of hydrogen-bond donors (Lipinski definition) is 0. The zero-order chi connectivity index (χ0) is 74.0. The first kappa shape index (κ1) is 65.1. The van der Waals surface area contributed by atoms with E-state index in [1.54, 1.807) is 6.33 Å². The number of para-hydroxylation sites is 6. The molecule has 112 heavy (non-hydrogen) atoms. The Bertz CT molecular complexity index is 7360. The fourth-order valence-corrected chi connectivity index (χ4v) is 16.7. The highest BCUT2D eigenvalue weighted by atomic mass is 15.2. The Morgan fingerprint density at radius 3 is 1.07 bits per heavy atom. The van der Waals surface area contributed by atoms with Crippen LogP contribution in [0.25, 0.3) is 200 Å². The highest BCUT2D eigenvalue weighted by Gasteiger charge is 2.22. The third-order valence-corrected chi connectivity index (χ3v) is 21.9. The molecular weight excluding hydrogens is 1360 g/mol. The van der Waals surface area contributed by atoms with Crippen molar-refractivity contribution in [1.82, 2.24) is 43.2 Å². The Kier molecular flexibility index (Phi) is 16.0. The molecular formula is C103H67N9. The summed E-state index contributed by atoms with van der Waals surface area (Å²) in [5, 5.41) is 9.58. The van der Waals surface area contributed by atoms with Crippen molar-refractivity contribution in [3.05, 3.63) is 407 Å². The van der Waals surface area contributed by atoms with Gasteiger partial charge in [0.1, 0.15) is 6.33 Å². The molecule has 9 heteroatoms. The Balaban J connectivity index is 0.000000141. The lowest BCUT2D eigenvalue weighted by molar-refractivity contribution is 0.947. The van der Waals surface area contributed by atoms with Gasteiger partial charge in [-0.3, -0.25) is 9.13 Å². The first-order valence-corrected chi connectivity index (χ1v) is 37.8. The summed E-state index contributed by atoms with van der Waals surface area (Å²) in [6.07, 6.45) is 3.49. The normalized spacial score (nSPS) is 11.6. The van der Waals surface area contributed by atoms with E-state index in [1.807, 2.05) is 12.3 Å². The summed E-state index contributed by atoms with van der Waals surface area (Å²) in [4.78, 5) is 24.6. The van der Waals surface area contributed by atoms with Crippen LogP contribution in [0.4, 0.5) is 0 Å². The van der Waals surface area contributed by atoms with E-state index >= 15 is 0 Å². The van der Waals surface area contributed by atoms with Crippen molar-refractivity contribution in [3.63, 3.8) is 0 Å². The highest BCUT2D eigenvalue weighted by molar-refractivity contribution is 6.14. The number of aromatic nitrogens is 9. The van der Waals surface area contributed by atoms with Gasteiger partial charge in [0.05, 0.1) is 49.8 Å². The largest absolute Gasteiger partial charge is 0.309 e. The molecule has 524 valence electrons. The van der Waals surface area contributed by atoms with Crippen LogP contribution in [0.2, 0.25) is 0 Å². The molecule has 0 saturated heterocycles. The van der Waals surface area contributed by atoms with Gasteiger partial charge in [0, 0.05) is 71.8 Å². The lowest BCUT2D eigenvalue weighted by atomic mass is 9.94. The molecule has 9 nitrogen and oxygen atoms in total. The summed E-state index contributed by atoms with van der Waals surface area (Å²) in [5.74, 6) is 1.85. The molecule has 0 saturated carbocycles. The van der Waals surface area contributed by atoms with E-state index in [2.05, 4.69) is 411 Å². The van der Waals surface area contributed by atoms with E-state index in [1.165, 1.54) is 87.8 Å². The van der Waals surface area contributed by atoms with Gasteiger partial charge in [-0.2, -0.15) is 4.98 Å². The fraction of sp³-hybridized carbons (Fsp3) is 0. The van der Waals surface area contributed by atoms with E-state index in [4.69, 9.17) is 19.9 Å². The predicted octanol–water partition coefficient (Wildman–Crippen LogP) is 26.1. The summed E-state index contributed by atoms with van der Waals surface area (Å²) in [7, 11) is 0. The Morgan fingerprint density at radius 1 is 0.179 bits per heavy atom. The van der Waals surface area contributed by atoms with Crippen LogP contribution in [0.3, 0.4) is 0 Å². The topological polar surface area (TPSA) is 84.2 Å². The molecule has 0 atom stereocenters. The molecule has 6 aromatic heterocycles. The van der Waals surface area contributed by atoms with Gasteiger partial charge in [-0.25, -0.2) is 19.9 Å². The Morgan fingerprint density at radius 2 is 0.518 bits per heavy atom. The zero-order valence-electron chi connectivity index (χ0n) is 60.7. The minimum absolute atomic E-state index is 0.584. The SMILES string of the molecule is c1ccc(-c2cccc(-c3cccc(-c4ccnc(-n5c6ccccc6c6ccc(-c7ccc8c(c7)c7ccccc7n8-c7ccccc7)cc65)n4)c3)c2)cc1.c1ccc(-c2ccccc2-c2ccc(-c3ncnc(-n4c5ccccc5c5cc(-c6ccc7c8ccccc8n(-c8ccccc8)c7c6)ccc54)n3)cc2)cc1. The third kappa shape index (κ3) is 11.5. The maximum atomic E-state index is 5.24. The summed E-state index contributed by atoms with van der Waals surface area (Å²) >= 11 is 0. The number of rotatable bonds is 12. The van der Waals surface area contributed by atoms with Crippen LogP contribution in [0.5, 0.6) is 0 Å². The third-order valence-electron chi connectivity index (χ3n) is 21.9. The van der Waals surface area contributed by atoms with Crippen molar-refractivity contribution in [2.75, 3.05) is 0 Å². The maximum absolute atomic E-state index is 5.24. The summed E-state index contributed by atoms with van der Waals surface area (Å²) in [5.41, 5.74) is 28.2. The van der Waals surface area contributed by atoms with Gasteiger partial charge in [0.25, 0.3) is 0 Å². The number of benzene rings is 16. The van der Waals surface area contributed by atoms with E-state index in [-0.39, 0.29) is 0 Å². The van der Waals surface area contributed by atoms with Gasteiger partial charge >= 0.3 is 0 Å². The van der Waals surface area contributed by atoms with Crippen LogP contribution >= 0.6 is 0 Å². The molecule has 0 aliphatic carbocycles. The average molecular weight is 1430 g/mol. The lowest BCUT2D eigenvalue weighted by Crippen LogP contribution is -2.03. The van der Waals surface area contributed by atoms with Crippen molar-refractivity contribution in [1.29, 1.82) is 0 Å². The molecule has 16 aromatic carbocycles. The van der Waals surface area contributed by atoms with Gasteiger partial charge in [0.15, 0.2) is 5.82 Å². The van der Waals surface area contributed by atoms with Crippen molar-refractivity contribution in [2.24, 2.45) is 0 Å². The summed E-state index contributed by atoms with van der Waals surface area (Å²) in [6.45, 7) is 0. The molecule has 0 aliphatic heterocycles. The van der Waals surface area contributed by atoms with Crippen LogP contribution in [-0.2, 0) is 0 Å². The molecule has 0 spiro atoms. The minimum Gasteiger partial charge on any atom is -0.309 e. The zero-order valence-corrected chi connectivity index (χ0v) is 60.7. The first-order chi connectivity index (χ1) is 55.5. The van der Waals surface area contributed by atoms with Gasteiger partial charge < -0.3 is 9.13 Å². The number of nitrogens with zero attached hydrogens (tertiary/aromatic N) is 9. The second-order valence-electron chi connectivity index (χ2n) is 28.4.